The van der Waals surface area contributed by atoms with E-state index < -0.39 is 19.0 Å². The number of aromatic nitrogens is 2. The largest absolute Gasteiger partial charge is 0.437 e. The van der Waals surface area contributed by atoms with E-state index in [1.807, 2.05) is 6.07 Å². The Labute approximate surface area is 151 Å². The third-order valence-electron chi connectivity index (χ3n) is 5.88. The summed E-state index contributed by atoms with van der Waals surface area (Å²) < 4.78 is 28.9. The molecule has 2 bridgehead atoms. The number of fused-ring (bicyclic) bond motifs is 3. The van der Waals surface area contributed by atoms with Crippen molar-refractivity contribution in [2.45, 2.75) is 69.4 Å². The standard InChI is InChI=1S/C16H22BClF2N4O/c1-17(25)24-12-7-11(8-13(24)16(19,20)9-12)23-5-3-2-4-10-6-14(18)21-22-15(10)23/h6,11-13,25H,2-5,7-9H2,1H3/t11-,12?,13?/m1/s1. The molecule has 1 aromatic heterocycles. The summed E-state index contributed by atoms with van der Waals surface area (Å²) in [4.78, 5) is 3.76. The van der Waals surface area contributed by atoms with E-state index in [0.29, 0.717) is 18.0 Å². The van der Waals surface area contributed by atoms with Gasteiger partial charge in [0.25, 0.3) is 5.92 Å². The van der Waals surface area contributed by atoms with Crippen LogP contribution in [-0.2, 0) is 6.42 Å². The number of hydrogen-bond donors (Lipinski definition) is 1. The average molecular weight is 371 g/mol. The maximum atomic E-state index is 14.5. The number of nitrogens with zero attached hydrogens (tertiary/aromatic N) is 4. The Kier molecular flexibility index (Phi) is 4.41. The second-order valence-electron chi connectivity index (χ2n) is 7.51. The predicted molar refractivity (Wildman–Crippen MR) is 93.2 cm³/mol. The highest BCUT2D eigenvalue weighted by atomic mass is 35.5. The lowest BCUT2D eigenvalue weighted by atomic mass is 9.78. The van der Waals surface area contributed by atoms with E-state index in [0.717, 1.165) is 37.2 Å². The molecule has 2 saturated heterocycles. The minimum Gasteiger partial charge on any atom is -0.437 e. The Balaban J connectivity index is 1.64. The number of aryl methyl sites for hydroxylation is 1. The Bertz CT molecular complexity index is 665. The maximum Gasteiger partial charge on any atom is 0.377 e. The molecule has 5 nitrogen and oxygen atoms in total. The van der Waals surface area contributed by atoms with E-state index in [9.17, 15) is 13.8 Å². The van der Waals surface area contributed by atoms with E-state index in [1.165, 1.54) is 0 Å². The molecule has 0 aromatic carbocycles. The zero-order valence-electron chi connectivity index (χ0n) is 14.2. The van der Waals surface area contributed by atoms with Gasteiger partial charge in [0.05, 0.1) is 6.04 Å². The normalized spacial score (nSPS) is 31.6. The van der Waals surface area contributed by atoms with Crippen molar-refractivity contribution in [3.05, 3.63) is 16.8 Å². The molecule has 4 rings (SSSR count). The second-order valence-corrected chi connectivity index (χ2v) is 7.89. The van der Waals surface area contributed by atoms with Gasteiger partial charge in [-0.05, 0) is 50.6 Å². The summed E-state index contributed by atoms with van der Waals surface area (Å²) in [5.41, 5.74) is 1.05. The van der Waals surface area contributed by atoms with Gasteiger partial charge < -0.3 is 14.7 Å². The van der Waals surface area contributed by atoms with Gasteiger partial charge in [-0.2, -0.15) is 0 Å². The van der Waals surface area contributed by atoms with Crippen LogP contribution in [0.25, 0.3) is 0 Å². The summed E-state index contributed by atoms with van der Waals surface area (Å²) in [5.74, 6) is -1.96. The first-order chi connectivity index (χ1) is 11.9. The fraction of sp³-hybridized carbons (Fsp3) is 0.750. The van der Waals surface area contributed by atoms with Gasteiger partial charge in [0.15, 0.2) is 11.0 Å². The highest BCUT2D eigenvalue weighted by molar-refractivity contribution is 6.45. The fourth-order valence-electron chi connectivity index (χ4n) is 4.90. The maximum absolute atomic E-state index is 14.5. The van der Waals surface area contributed by atoms with Crippen LogP contribution < -0.4 is 4.90 Å². The van der Waals surface area contributed by atoms with E-state index >= 15 is 0 Å². The first kappa shape index (κ1) is 17.4. The molecule has 136 valence electrons. The van der Waals surface area contributed by atoms with Gasteiger partial charge in [-0.15, -0.1) is 10.2 Å². The number of halogens is 3. The Morgan fingerprint density at radius 1 is 1.28 bits per heavy atom. The summed E-state index contributed by atoms with van der Waals surface area (Å²) in [5, 5.41) is 18.6. The molecule has 3 aliphatic rings. The number of hydrogen-bond acceptors (Lipinski definition) is 5. The molecule has 3 aliphatic heterocycles. The van der Waals surface area contributed by atoms with Crippen LogP contribution in [0.15, 0.2) is 6.07 Å². The molecule has 0 aliphatic carbocycles. The summed E-state index contributed by atoms with van der Waals surface area (Å²) >= 11 is 5.99. The molecule has 1 N–H and O–H groups in total. The minimum atomic E-state index is -2.75. The summed E-state index contributed by atoms with van der Waals surface area (Å²) in [6.07, 6.45) is 3.68. The smallest absolute Gasteiger partial charge is 0.377 e. The van der Waals surface area contributed by atoms with Crippen LogP contribution in [0.2, 0.25) is 12.0 Å². The zero-order valence-corrected chi connectivity index (χ0v) is 15.0. The van der Waals surface area contributed by atoms with Crippen molar-refractivity contribution in [2.24, 2.45) is 0 Å². The van der Waals surface area contributed by atoms with Crippen LogP contribution in [0.3, 0.4) is 0 Å². The van der Waals surface area contributed by atoms with Crippen molar-refractivity contribution < 1.29 is 13.8 Å². The molecule has 25 heavy (non-hydrogen) atoms. The number of anilines is 1. The zero-order chi connectivity index (χ0) is 17.8. The average Bonchev–Trinajstić information content (AvgIpc) is 2.69. The number of rotatable bonds is 2. The van der Waals surface area contributed by atoms with Crippen molar-refractivity contribution in [3.8, 4) is 0 Å². The van der Waals surface area contributed by atoms with Crippen LogP contribution in [-0.4, -0.2) is 57.7 Å². The van der Waals surface area contributed by atoms with Crippen LogP contribution in [0.1, 0.15) is 37.7 Å². The lowest BCUT2D eigenvalue weighted by Gasteiger charge is -2.44. The third kappa shape index (κ3) is 3.02. The third-order valence-corrected chi connectivity index (χ3v) is 6.06. The number of alkyl halides is 2. The summed E-state index contributed by atoms with van der Waals surface area (Å²) in [7, 11) is -0.848. The summed E-state index contributed by atoms with van der Waals surface area (Å²) in [6.45, 7) is 2.38. The molecular weight excluding hydrogens is 348 g/mol. The highest BCUT2D eigenvalue weighted by Gasteiger charge is 2.59. The first-order valence-electron chi connectivity index (χ1n) is 8.99. The van der Waals surface area contributed by atoms with Crippen LogP contribution in [0.5, 0.6) is 0 Å². The Hall–Kier alpha value is -0.985. The van der Waals surface area contributed by atoms with Gasteiger partial charge in [-0.3, -0.25) is 0 Å². The number of piperidine rings is 1. The molecular formula is C16H22BClF2N4O. The molecule has 0 spiro atoms. The highest BCUT2D eigenvalue weighted by Crippen LogP contribution is 2.47. The molecule has 3 atom stereocenters. The van der Waals surface area contributed by atoms with Crippen molar-refractivity contribution in [3.63, 3.8) is 0 Å². The molecule has 2 unspecified atom stereocenters. The van der Waals surface area contributed by atoms with Crippen molar-refractivity contribution in [2.75, 3.05) is 11.4 Å². The van der Waals surface area contributed by atoms with E-state index in [-0.39, 0.29) is 18.5 Å². The fourth-order valence-corrected chi connectivity index (χ4v) is 5.07. The van der Waals surface area contributed by atoms with Gasteiger partial charge in [0.2, 0.25) is 0 Å². The first-order valence-corrected chi connectivity index (χ1v) is 9.36. The topological polar surface area (TPSA) is 52.5 Å². The van der Waals surface area contributed by atoms with Gasteiger partial charge >= 0.3 is 7.05 Å². The van der Waals surface area contributed by atoms with Crippen molar-refractivity contribution in [1.82, 2.24) is 15.0 Å². The van der Waals surface area contributed by atoms with Gasteiger partial charge in [0, 0.05) is 25.0 Å². The van der Waals surface area contributed by atoms with Crippen molar-refractivity contribution in [1.29, 1.82) is 0 Å². The van der Waals surface area contributed by atoms with Gasteiger partial charge in [-0.25, -0.2) is 8.78 Å². The van der Waals surface area contributed by atoms with Gasteiger partial charge in [0.1, 0.15) is 0 Å². The summed E-state index contributed by atoms with van der Waals surface area (Å²) in [6, 6.07) is 0.621. The van der Waals surface area contributed by atoms with Crippen LogP contribution in [0, 0.1) is 0 Å². The molecule has 1 aromatic rings. The Morgan fingerprint density at radius 3 is 2.80 bits per heavy atom. The van der Waals surface area contributed by atoms with E-state index in [1.54, 1.807) is 11.6 Å². The molecule has 9 heteroatoms. The van der Waals surface area contributed by atoms with Crippen LogP contribution >= 0.6 is 11.6 Å². The minimum absolute atomic E-state index is 0.00861. The second kappa shape index (κ2) is 6.32. The van der Waals surface area contributed by atoms with E-state index in [2.05, 4.69) is 15.1 Å². The van der Waals surface area contributed by atoms with Crippen molar-refractivity contribution >= 4 is 24.5 Å². The predicted octanol–water partition coefficient (Wildman–Crippen LogP) is 2.62. The van der Waals surface area contributed by atoms with Gasteiger partial charge in [-0.1, -0.05) is 11.6 Å². The monoisotopic (exact) mass is 370 g/mol. The lowest BCUT2D eigenvalue weighted by Crippen LogP contribution is -2.57. The quantitative estimate of drug-likeness (QED) is 0.811. The van der Waals surface area contributed by atoms with Crippen LogP contribution in [0.4, 0.5) is 14.6 Å². The Morgan fingerprint density at radius 2 is 2.08 bits per heavy atom. The molecule has 0 radical (unpaired) electrons. The molecule has 2 fully saturated rings. The molecule has 0 saturated carbocycles. The lowest BCUT2D eigenvalue weighted by molar-refractivity contribution is -0.0284. The molecule has 4 heterocycles. The SMILES string of the molecule is CB(O)N1C2C[C@@H](N3CCCCc4cc(Cl)nnc43)CC1C(F)(F)C2. The van der Waals surface area contributed by atoms with E-state index in [4.69, 9.17) is 11.6 Å². The molecule has 0 amide bonds.